The molecule has 0 radical (unpaired) electrons. The Morgan fingerprint density at radius 1 is 1.27 bits per heavy atom. The molecule has 0 fully saturated rings. The molecule has 11 heavy (non-hydrogen) atoms. The van der Waals surface area contributed by atoms with Crippen LogP contribution in [0.15, 0.2) is 27.6 Å². The molecule has 0 aliphatic rings. The van der Waals surface area contributed by atoms with Crippen LogP contribution in [-0.2, 0) is 0 Å². The first-order chi connectivity index (χ1) is 5.36. The number of rotatable bonds is 1. The minimum absolute atomic E-state index is 0.122. The molecule has 2 aromatic rings. The van der Waals surface area contributed by atoms with Crippen LogP contribution in [0.25, 0.3) is 11.5 Å². The van der Waals surface area contributed by atoms with Crippen molar-refractivity contribution in [3.63, 3.8) is 0 Å². The van der Waals surface area contributed by atoms with E-state index in [1.807, 2.05) is 0 Å². The van der Waals surface area contributed by atoms with Crippen LogP contribution >= 0.6 is 0 Å². The van der Waals surface area contributed by atoms with E-state index in [0.29, 0.717) is 11.5 Å². The molecule has 0 amide bonds. The zero-order chi connectivity index (χ0) is 7.68. The minimum Gasteiger partial charge on any atom is -0.440 e. The molecule has 5 heteroatoms. The average Bonchev–Trinajstić information content (AvgIpc) is 2.55. The van der Waals surface area contributed by atoms with Crippen molar-refractivity contribution in [2.45, 2.75) is 0 Å². The molecular formula is C6H5N3O2. The van der Waals surface area contributed by atoms with Crippen LogP contribution in [-0.4, -0.2) is 9.97 Å². The SMILES string of the molecule is Nc1ncc(-c2cnco2)o1. The van der Waals surface area contributed by atoms with Crippen molar-refractivity contribution in [2.24, 2.45) is 0 Å². The fourth-order valence-corrected chi connectivity index (χ4v) is 0.739. The number of oxazole rings is 2. The highest BCUT2D eigenvalue weighted by Gasteiger charge is 2.05. The molecule has 0 saturated carbocycles. The summed E-state index contributed by atoms with van der Waals surface area (Å²) < 4.78 is 9.89. The average molecular weight is 151 g/mol. The number of anilines is 1. The second-order valence-electron chi connectivity index (χ2n) is 1.93. The van der Waals surface area contributed by atoms with Crippen molar-refractivity contribution in [1.29, 1.82) is 0 Å². The van der Waals surface area contributed by atoms with Crippen molar-refractivity contribution < 1.29 is 8.83 Å². The number of nitrogen functional groups attached to an aromatic ring is 1. The van der Waals surface area contributed by atoms with Crippen LogP contribution in [0, 0.1) is 0 Å². The molecular weight excluding hydrogens is 146 g/mol. The zero-order valence-corrected chi connectivity index (χ0v) is 5.52. The third-order valence-electron chi connectivity index (χ3n) is 1.20. The van der Waals surface area contributed by atoms with Gasteiger partial charge in [-0.3, -0.25) is 0 Å². The van der Waals surface area contributed by atoms with Crippen molar-refractivity contribution in [3.05, 3.63) is 18.8 Å². The monoisotopic (exact) mass is 151 g/mol. The number of aromatic nitrogens is 2. The van der Waals surface area contributed by atoms with E-state index in [2.05, 4.69) is 9.97 Å². The molecule has 0 aliphatic carbocycles. The smallest absolute Gasteiger partial charge is 0.292 e. The van der Waals surface area contributed by atoms with Gasteiger partial charge in [-0.15, -0.1) is 0 Å². The van der Waals surface area contributed by atoms with E-state index in [0.717, 1.165) is 0 Å². The van der Waals surface area contributed by atoms with Crippen LogP contribution in [0.1, 0.15) is 0 Å². The van der Waals surface area contributed by atoms with Gasteiger partial charge in [0.1, 0.15) is 0 Å². The lowest BCUT2D eigenvalue weighted by molar-refractivity contribution is 0.527. The van der Waals surface area contributed by atoms with Crippen molar-refractivity contribution in [2.75, 3.05) is 5.73 Å². The first-order valence-corrected chi connectivity index (χ1v) is 2.96. The molecule has 2 rings (SSSR count). The fourth-order valence-electron chi connectivity index (χ4n) is 0.739. The molecule has 2 N–H and O–H groups in total. The highest BCUT2D eigenvalue weighted by Crippen LogP contribution is 2.19. The first kappa shape index (κ1) is 5.96. The largest absolute Gasteiger partial charge is 0.440 e. The number of nitrogens with zero attached hydrogens (tertiary/aromatic N) is 2. The van der Waals surface area contributed by atoms with Gasteiger partial charge in [0.05, 0.1) is 12.4 Å². The predicted molar refractivity (Wildman–Crippen MR) is 36.4 cm³/mol. The second kappa shape index (κ2) is 2.12. The van der Waals surface area contributed by atoms with Gasteiger partial charge in [-0.25, -0.2) is 9.97 Å². The Bertz CT molecular complexity index is 338. The summed E-state index contributed by atoms with van der Waals surface area (Å²) in [5.41, 5.74) is 5.24. The summed E-state index contributed by atoms with van der Waals surface area (Å²) in [6.07, 6.45) is 4.32. The van der Waals surface area contributed by atoms with E-state index in [1.54, 1.807) is 0 Å². The maximum Gasteiger partial charge on any atom is 0.292 e. The molecule has 0 saturated heterocycles. The van der Waals surface area contributed by atoms with Gasteiger partial charge in [0, 0.05) is 0 Å². The number of hydrogen-bond acceptors (Lipinski definition) is 5. The zero-order valence-electron chi connectivity index (χ0n) is 5.52. The fraction of sp³-hybridized carbons (Fsp3) is 0. The van der Waals surface area contributed by atoms with Crippen molar-refractivity contribution >= 4 is 6.01 Å². The molecule has 2 heterocycles. The molecule has 0 aliphatic heterocycles. The molecule has 0 bridgehead atoms. The van der Waals surface area contributed by atoms with E-state index < -0.39 is 0 Å². The third-order valence-corrected chi connectivity index (χ3v) is 1.20. The Labute approximate surface area is 61.9 Å². The van der Waals surface area contributed by atoms with Crippen molar-refractivity contribution in [3.8, 4) is 11.5 Å². The maximum absolute atomic E-state index is 5.24. The van der Waals surface area contributed by atoms with Gasteiger partial charge in [0.25, 0.3) is 6.01 Å². The van der Waals surface area contributed by atoms with E-state index >= 15 is 0 Å². The van der Waals surface area contributed by atoms with Crippen molar-refractivity contribution in [1.82, 2.24) is 9.97 Å². The van der Waals surface area contributed by atoms with Crippen LogP contribution in [0.5, 0.6) is 0 Å². The highest BCUT2D eigenvalue weighted by atomic mass is 16.4. The lowest BCUT2D eigenvalue weighted by atomic mass is 10.4. The Kier molecular flexibility index (Phi) is 1.15. The van der Waals surface area contributed by atoms with Crippen LogP contribution in [0.4, 0.5) is 6.01 Å². The number of hydrogen-bond donors (Lipinski definition) is 1. The second-order valence-corrected chi connectivity index (χ2v) is 1.93. The van der Waals surface area contributed by atoms with Gasteiger partial charge in [-0.1, -0.05) is 0 Å². The summed E-state index contributed by atoms with van der Waals surface area (Å²) >= 11 is 0. The lowest BCUT2D eigenvalue weighted by Crippen LogP contribution is -1.79. The Morgan fingerprint density at radius 2 is 2.18 bits per heavy atom. The Hall–Kier alpha value is -1.78. The molecule has 0 spiro atoms. The summed E-state index contributed by atoms with van der Waals surface area (Å²) in [5, 5.41) is 0. The predicted octanol–water partition coefficient (Wildman–Crippen LogP) is 0.912. The Morgan fingerprint density at radius 3 is 2.73 bits per heavy atom. The van der Waals surface area contributed by atoms with E-state index in [-0.39, 0.29) is 6.01 Å². The van der Waals surface area contributed by atoms with Crippen LogP contribution in [0.3, 0.4) is 0 Å². The normalized spacial score (nSPS) is 10.2. The van der Waals surface area contributed by atoms with E-state index in [4.69, 9.17) is 14.6 Å². The summed E-state index contributed by atoms with van der Waals surface area (Å²) in [6.45, 7) is 0. The minimum atomic E-state index is 0.122. The molecule has 0 unspecified atom stereocenters. The molecule has 2 aromatic heterocycles. The van der Waals surface area contributed by atoms with Gasteiger partial charge < -0.3 is 14.6 Å². The van der Waals surface area contributed by atoms with Gasteiger partial charge in [-0.05, 0) is 0 Å². The molecule has 0 aromatic carbocycles. The van der Waals surface area contributed by atoms with Gasteiger partial charge in [-0.2, -0.15) is 0 Å². The standard InChI is InChI=1S/C6H5N3O2/c7-6-9-2-5(11-6)4-1-8-3-10-4/h1-3H,(H2,7,9). The van der Waals surface area contributed by atoms with Crippen LogP contribution < -0.4 is 5.73 Å². The summed E-state index contributed by atoms with van der Waals surface area (Å²) in [5.74, 6) is 1.01. The lowest BCUT2D eigenvalue weighted by Gasteiger charge is -1.83. The molecule has 56 valence electrons. The summed E-state index contributed by atoms with van der Waals surface area (Å²) in [7, 11) is 0. The number of nitrogens with two attached hydrogens (primary N) is 1. The highest BCUT2D eigenvalue weighted by molar-refractivity contribution is 5.47. The van der Waals surface area contributed by atoms with Gasteiger partial charge in [0.2, 0.25) is 0 Å². The first-order valence-electron chi connectivity index (χ1n) is 2.96. The van der Waals surface area contributed by atoms with E-state index in [9.17, 15) is 0 Å². The molecule has 0 atom stereocenters. The van der Waals surface area contributed by atoms with Gasteiger partial charge >= 0.3 is 0 Å². The van der Waals surface area contributed by atoms with Gasteiger partial charge in [0.15, 0.2) is 17.9 Å². The molecule has 5 nitrogen and oxygen atoms in total. The topological polar surface area (TPSA) is 78.1 Å². The third kappa shape index (κ3) is 0.958. The summed E-state index contributed by atoms with van der Waals surface area (Å²) in [4.78, 5) is 7.41. The quantitative estimate of drug-likeness (QED) is 0.655. The van der Waals surface area contributed by atoms with Crippen LogP contribution in [0.2, 0.25) is 0 Å². The maximum atomic E-state index is 5.24. The summed E-state index contributed by atoms with van der Waals surface area (Å²) in [6, 6.07) is 0.122. The van der Waals surface area contributed by atoms with E-state index in [1.165, 1.54) is 18.8 Å². The Balaban J connectivity index is 2.45.